The minimum atomic E-state index is 0.392. The van der Waals surface area contributed by atoms with Crippen molar-refractivity contribution in [3.8, 4) is 5.75 Å². The summed E-state index contributed by atoms with van der Waals surface area (Å²) in [5.41, 5.74) is 2.81. The number of aromatic nitrogens is 2. The number of nitrogens with zero attached hydrogens (tertiary/aromatic N) is 2. The Hall–Kier alpha value is -2.30. The van der Waals surface area contributed by atoms with Crippen LogP contribution in [0.5, 0.6) is 5.75 Å². The maximum atomic E-state index is 5.34. The fourth-order valence-corrected chi connectivity index (χ4v) is 3.17. The molecule has 0 amide bonds. The highest BCUT2D eigenvalue weighted by Gasteiger charge is 2.18. The number of ether oxygens (including phenoxy) is 1. The van der Waals surface area contributed by atoms with Gasteiger partial charge in [-0.05, 0) is 55.9 Å². The SMILES string of the molecule is CNc1cc(NC2CCCc3cc(OC)ccc3C2)nc(C)n1. The molecule has 1 unspecified atom stereocenters. The van der Waals surface area contributed by atoms with Gasteiger partial charge in [-0.3, -0.25) is 0 Å². The first kappa shape index (κ1) is 15.6. The first-order valence-electron chi connectivity index (χ1n) is 8.13. The molecule has 1 aromatic carbocycles. The van der Waals surface area contributed by atoms with Gasteiger partial charge in [0.15, 0.2) is 0 Å². The maximum absolute atomic E-state index is 5.34. The Morgan fingerprint density at radius 1 is 1.13 bits per heavy atom. The lowest BCUT2D eigenvalue weighted by Crippen LogP contribution is -2.22. The van der Waals surface area contributed by atoms with E-state index in [1.807, 2.05) is 20.0 Å². The highest BCUT2D eigenvalue weighted by Crippen LogP contribution is 2.26. The third-order valence-corrected chi connectivity index (χ3v) is 4.32. The summed E-state index contributed by atoms with van der Waals surface area (Å²) in [6.45, 7) is 1.92. The minimum Gasteiger partial charge on any atom is -0.497 e. The molecule has 0 saturated heterocycles. The number of rotatable bonds is 4. The Kier molecular flexibility index (Phi) is 4.65. The average Bonchev–Trinajstić information content (AvgIpc) is 2.75. The van der Waals surface area contributed by atoms with Crippen molar-refractivity contribution in [2.75, 3.05) is 24.8 Å². The minimum absolute atomic E-state index is 0.392. The zero-order valence-corrected chi connectivity index (χ0v) is 14.0. The van der Waals surface area contributed by atoms with Gasteiger partial charge in [-0.25, -0.2) is 9.97 Å². The van der Waals surface area contributed by atoms with Crippen molar-refractivity contribution in [3.63, 3.8) is 0 Å². The standard InChI is InChI=1S/C18H24N4O/c1-12-20-17(19-2)11-18(21-12)22-15-6-4-5-13-10-16(23-3)8-7-14(13)9-15/h7-8,10-11,15H,4-6,9H2,1-3H3,(H2,19,20,21,22). The normalized spacial score (nSPS) is 17.1. The molecule has 0 radical (unpaired) electrons. The Morgan fingerprint density at radius 2 is 1.96 bits per heavy atom. The van der Waals surface area contributed by atoms with Gasteiger partial charge < -0.3 is 15.4 Å². The van der Waals surface area contributed by atoms with E-state index in [9.17, 15) is 0 Å². The highest BCUT2D eigenvalue weighted by molar-refractivity contribution is 5.48. The van der Waals surface area contributed by atoms with Crippen LogP contribution in [0.15, 0.2) is 24.3 Å². The number of aryl methyl sites for hydroxylation is 2. The van der Waals surface area contributed by atoms with Gasteiger partial charge in [0.1, 0.15) is 23.2 Å². The fraction of sp³-hybridized carbons (Fsp3) is 0.444. The fourth-order valence-electron chi connectivity index (χ4n) is 3.17. The second-order valence-electron chi connectivity index (χ2n) is 6.01. The molecule has 0 saturated carbocycles. The molecule has 1 aliphatic rings. The van der Waals surface area contributed by atoms with Crippen LogP contribution in [0.2, 0.25) is 0 Å². The lowest BCUT2D eigenvalue weighted by Gasteiger charge is -2.18. The van der Waals surface area contributed by atoms with Crippen LogP contribution in [-0.2, 0) is 12.8 Å². The van der Waals surface area contributed by atoms with Crippen molar-refractivity contribution in [1.82, 2.24) is 9.97 Å². The number of methoxy groups -OCH3 is 1. The van der Waals surface area contributed by atoms with Crippen LogP contribution >= 0.6 is 0 Å². The van der Waals surface area contributed by atoms with E-state index < -0.39 is 0 Å². The molecule has 1 heterocycles. The van der Waals surface area contributed by atoms with Gasteiger partial charge >= 0.3 is 0 Å². The number of hydrogen-bond acceptors (Lipinski definition) is 5. The maximum Gasteiger partial charge on any atom is 0.132 e. The summed E-state index contributed by atoms with van der Waals surface area (Å²) >= 11 is 0. The van der Waals surface area contributed by atoms with Crippen LogP contribution in [0.1, 0.15) is 29.8 Å². The monoisotopic (exact) mass is 312 g/mol. The quantitative estimate of drug-likeness (QED) is 0.849. The molecule has 0 spiro atoms. The summed E-state index contributed by atoms with van der Waals surface area (Å²) in [7, 11) is 3.60. The van der Waals surface area contributed by atoms with E-state index in [1.54, 1.807) is 7.11 Å². The third-order valence-electron chi connectivity index (χ3n) is 4.32. The summed E-state index contributed by atoms with van der Waals surface area (Å²) < 4.78 is 5.34. The van der Waals surface area contributed by atoms with Crippen LogP contribution in [0, 0.1) is 6.92 Å². The van der Waals surface area contributed by atoms with E-state index >= 15 is 0 Å². The number of anilines is 2. The van der Waals surface area contributed by atoms with Crippen molar-refractivity contribution in [2.24, 2.45) is 0 Å². The molecule has 0 bridgehead atoms. The molecule has 122 valence electrons. The van der Waals surface area contributed by atoms with Gasteiger partial charge in [0.2, 0.25) is 0 Å². The van der Waals surface area contributed by atoms with Gasteiger partial charge in [0.05, 0.1) is 7.11 Å². The molecule has 1 atom stereocenters. The molecule has 1 aromatic heterocycles. The summed E-state index contributed by atoms with van der Waals surface area (Å²) in [6, 6.07) is 8.77. The Labute approximate surface area is 137 Å². The molecule has 3 rings (SSSR count). The molecule has 2 aromatic rings. The van der Waals surface area contributed by atoms with Crippen molar-refractivity contribution in [1.29, 1.82) is 0 Å². The predicted octanol–water partition coefficient (Wildman–Crippen LogP) is 3.19. The van der Waals surface area contributed by atoms with Crippen LogP contribution in [0.25, 0.3) is 0 Å². The average molecular weight is 312 g/mol. The first-order chi connectivity index (χ1) is 11.2. The van der Waals surface area contributed by atoms with Crippen molar-refractivity contribution in [2.45, 2.75) is 38.6 Å². The summed E-state index contributed by atoms with van der Waals surface area (Å²) in [5, 5.41) is 6.66. The molecular weight excluding hydrogens is 288 g/mol. The molecule has 0 aliphatic heterocycles. The molecule has 1 aliphatic carbocycles. The van der Waals surface area contributed by atoms with E-state index in [0.717, 1.165) is 42.5 Å². The zero-order valence-electron chi connectivity index (χ0n) is 14.0. The third kappa shape index (κ3) is 3.73. The van der Waals surface area contributed by atoms with Gasteiger partial charge in [-0.2, -0.15) is 0 Å². The van der Waals surface area contributed by atoms with Crippen LogP contribution in [-0.4, -0.2) is 30.2 Å². The van der Waals surface area contributed by atoms with Gasteiger partial charge in [0.25, 0.3) is 0 Å². The molecule has 5 heteroatoms. The van der Waals surface area contributed by atoms with Crippen molar-refractivity contribution < 1.29 is 4.74 Å². The lowest BCUT2D eigenvalue weighted by molar-refractivity contribution is 0.414. The number of fused-ring (bicyclic) bond motifs is 1. The Morgan fingerprint density at radius 3 is 2.74 bits per heavy atom. The number of nitrogens with one attached hydrogen (secondary N) is 2. The van der Waals surface area contributed by atoms with E-state index in [4.69, 9.17) is 4.74 Å². The Balaban J connectivity index is 1.77. The summed E-state index contributed by atoms with van der Waals surface area (Å²) in [5.74, 6) is 3.46. The number of hydrogen-bond donors (Lipinski definition) is 2. The zero-order chi connectivity index (χ0) is 16.2. The summed E-state index contributed by atoms with van der Waals surface area (Å²) in [4.78, 5) is 8.85. The molecular formula is C18H24N4O. The van der Waals surface area contributed by atoms with Crippen LogP contribution in [0.3, 0.4) is 0 Å². The van der Waals surface area contributed by atoms with Gasteiger partial charge in [-0.1, -0.05) is 6.07 Å². The first-order valence-corrected chi connectivity index (χ1v) is 8.13. The smallest absolute Gasteiger partial charge is 0.132 e. The van der Waals surface area contributed by atoms with Crippen molar-refractivity contribution >= 4 is 11.6 Å². The highest BCUT2D eigenvalue weighted by atomic mass is 16.5. The second kappa shape index (κ2) is 6.86. The van der Waals surface area contributed by atoms with Gasteiger partial charge in [0, 0.05) is 19.2 Å². The molecule has 5 nitrogen and oxygen atoms in total. The topological polar surface area (TPSA) is 59.1 Å². The predicted molar refractivity (Wildman–Crippen MR) is 93.4 cm³/mol. The second-order valence-corrected chi connectivity index (χ2v) is 6.01. The van der Waals surface area contributed by atoms with Crippen LogP contribution < -0.4 is 15.4 Å². The molecule has 23 heavy (non-hydrogen) atoms. The molecule has 0 fully saturated rings. The van der Waals surface area contributed by atoms with Crippen LogP contribution in [0.4, 0.5) is 11.6 Å². The molecule has 2 N–H and O–H groups in total. The lowest BCUT2D eigenvalue weighted by atomic mass is 10.0. The Bertz CT molecular complexity index is 687. The van der Waals surface area contributed by atoms with E-state index in [0.29, 0.717) is 6.04 Å². The van der Waals surface area contributed by atoms with Crippen molar-refractivity contribution in [3.05, 3.63) is 41.2 Å². The largest absolute Gasteiger partial charge is 0.497 e. The van der Waals surface area contributed by atoms with E-state index in [2.05, 4.69) is 38.8 Å². The number of benzene rings is 1. The van der Waals surface area contributed by atoms with Gasteiger partial charge in [-0.15, -0.1) is 0 Å². The van der Waals surface area contributed by atoms with E-state index in [-0.39, 0.29) is 0 Å². The van der Waals surface area contributed by atoms with E-state index in [1.165, 1.54) is 17.5 Å². The summed E-state index contributed by atoms with van der Waals surface area (Å²) in [6.07, 6.45) is 4.42.